The maximum Gasteiger partial charge on any atom is -0.0246 e. The van der Waals surface area contributed by atoms with Gasteiger partial charge in [-0.2, -0.15) is 0 Å². The van der Waals surface area contributed by atoms with Crippen LogP contribution in [0.5, 0.6) is 0 Å². The van der Waals surface area contributed by atoms with E-state index in [0.29, 0.717) is 10.8 Å². The van der Waals surface area contributed by atoms with Crippen LogP contribution < -0.4 is 0 Å². The summed E-state index contributed by atoms with van der Waals surface area (Å²) >= 11 is 0. The second kappa shape index (κ2) is 3.00. The van der Waals surface area contributed by atoms with Crippen LogP contribution in [0.2, 0.25) is 0 Å². The summed E-state index contributed by atoms with van der Waals surface area (Å²) in [5, 5.41) is 0. The van der Waals surface area contributed by atoms with Gasteiger partial charge in [0.1, 0.15) is 0 Å². The number of rotatable bonds is 0. The average molecular weight is 180 g/mol. The summed E-state index contributed by atoms with van der Waals surface area (Å²) in [6.45, 7) is 7.57. The molecular formula is C13H24. The molecule has 0 heteroatoms. The quantitative estimate of drug-likeness (QED) is 0.518. The third-order valence-electron chi connectivity index (χ3n) is 5.30. The van der Waals surface area contributed by atoms with E-state index in [9.17, 15) is 0 Å². The lowest BCUT2D eigenvalue weighted by atomic mass is 9.49. The van der Waals surface area contributed by atoms with Crippen molar-refractivity contribution in [3.05, 3.63) is 0 Å². The first-order valence-corrected chi connectivity index (χ1v) is 6.06. The van der Waals surface area contributed by atoms with Crippen LogP contribution in [-0.2, 0) is 0 Å². The van der Waals surface area contributed by atoms with Crippen molar-refractivity contribution < 1.29 is 0 Å². The molecule has 2 fully saturated rings. The molecule has 0 aromatic rings. The topological polar surface area (TPSA) is 0 Å². The van der Waals surface area contributed by atoms with Crippen LogP contribution in [0.3, 0.4) is 0 Å². The van der Waals surface area contributed by atoms with Gasteiger partial charge < -0.3 is 0 Å². The summed E-state index contributed by atoms with van der Waals surface area (Å²) in [6.07, 6.45) is 10.4. The lowest BCUT2D eigenvalue weighted by Gasteiger charge is -2.55. The zero-order valence-corrected chi connectivity index (χ0v) is 9.53. The fraction of sp³-hybridized carbons (Fsp3) is 1.00. The van der Waals surface area contributed by atoms with E-state index in [4.69, 9.17) is 0 Å². The standard InChI is InChI=1S/C13H24/c1-12(2)9-6-8-11-7-4-5-10-13(11,12)3/h11H,4-10H2,1-3H3/t11-,13+/m1/s1. The molecule has 0 unspecified atom stereocenters. The fourth-order valence-electron chi connectivity index (χ4n) is 3.84. The Morgan fingerprint density at radius 1 is 0.846 bits per heavy atom. The van der Waals surface area contributed by atoms with Crippen molar-refractivity contribution >= 4 is 0 Å². The molecule has 2 rings (SSSR count). The van der Waals surface area contributed by atoms with Crippen molar-refractivity contribution in [2.75, 3.05) is 0 Å². The van der Waals surface area contributed by atoms with Crippen LogP contribution in [0, 0.1) is 16.7 Å². The van der Waals surface area contributed by atoms with E-state index in [2.05, 4.69) is 20.8 Å². The van der Waals surface area contributed by atoms with Crippen LogP contribution in [0.25, 0.3) is 0 Å². The number of hydrogen-bond acceptors (Lipinski definition) is 0. The molecule has 0 nitrogen and oxygen atoms in total. The SMILES string of the molecule is CC1(C)CCC[C@H]2CCCC[C@@]21C. The maximum atomic E-state index is 2.57. The molecule has 76 valence electrons. The van der Waals surface area contributed by atoms with Gasteiger partial charge >= 0.3 is 0 Å². The second-order valence-corrected chi connectivity index (χ2v) is 6.14. The summed E-state index contributed by atoms with van der Waals surface area (Å²) in [6, 6.07) is 0. The first-order valence-electron chi connectivity index (χ1n) is 6.06. The third kappa shape index (κ3) is 1.33. The number of hydrogen-bond donors (Lipinski definition) is 0. The summed E-state index contributed by atoms with van der Waals surface area (Å²) in [5.74, 6) is 1.05. The van der Waals surface area contributed by atoms with Gasteiger partial charge in [-0.3, -0.25) is 0 Å². The molecule has 2 atom stereocenters. The van der Waals surface area contributed by atoms with Crippen LogP contribution in [0.4, 0.5) is 0 Å². The van der Waals surface area contributed by atoms with Gasteiger partial charge in [-0.25, -0.2) is 0 Å². The lowest BCUT2D eigenvalue weighted by Crippen LogP contribution is -2.46. The van der Waals surface area contributed by atoms with Crippen molar-refractivity contribution in [2.24, 2.45) is 16.7 Å². The highest BCUT2D eigenvalue weighted by Gasteiger charge is 2.49. The van der Waals surface area contributed by atoms with E-state index in [0.717, 1.165) is 5.92 Å². The van der Waals surface area contributed by atoms with Crippen LogP contribution in [0.15, 0.2) is 0 Å². The van der Waals surface area contributed by atoms with Gasteiger partial charge in [0.25, 0.3) is 0 Å². The molecule has 0 aromatic heterocycles. The smallest absolute Gasteiger partial charge is 0.0246 e. The highest BCUT2D eigenvalue weighted by atomic mass is 14.5. The van der Waals surface area contributed by atoms with Gasteiger partial charge in [-0.05, 0) is 42.4 Å². The molecule has 0 aromatic carbocycles. The predicted octanol–water partition coefficient (Wildman–Crippen LogP) is 4.39. The minimum Gasteiger partial charge on any atom is -0.0594 e. The summed E-state index contributed by atoms with van der Waals surface area (Å²) in [5.41, 5.74) is 1.28. The van der Waals surface area contributed by atoms with Gasteiger partial charge in [-0.15, -0.1) is 0 Å². The molecule has 2 aliphatic carbocycles. The van der Waals surface area contributed by atoms with E-state index >= 15 is 0 Å². The normalized spacial score (nSPS) is 44.1. The Morgan fingerprint density at radius 3 is 2.23 bits per heavy atom. The molecule has 0 N–H and O–H groups in total. The van der Waals surface area contributed by atoms with Gasteiger partial charge in [-0.1, -0.05) is 40.0 Å². The Hall–Kier alpha value is 0. The summed E-state index contributed by atoms with van der Waals surface area (Å²) < 4.78 is 0. The molecule has 0 radical (unpaired) electrons. The zero-order chi connectivity index (χ0) is 9.53. The molecular weight excluding hydrogens is 156 g/mol. The fourth-order valence-corrected chi connectivity index (χ4v) is 3.84. The van der Waals surface area contributed by atoms with Gasteiger partial charge in [0.05, 0.1) is 0 Å². The molecule has 0 bridgehead atoms. The minimum atomic E-state index is 0.607. The van der Waals surface area contributed by atoms with Crippen molar-refractivity contribution in [3.63, 3.8) is 0 Å². The van der Waals surface area contributed by atoms with Crippen LogP contribution >= 0.6 is 0 Å². The molecule has 0 heterocycles. The molecule has 13 heavy (non-hydrogen) atoms. The van der Waals surface area contributed by atoms with Crippen molar-refractivity contribution in [2.45, 2.75) is 65.7 Å². The van der Waals surface area contributed by atoms with E-state index in [1.807, 2.05) is 0 Å². The minimum absolute atomic E-state index is 0.607. The predicted molar refractivity (Wildman–Crippen MR) is 57.7 cm³/mol. The Bertz CT molecular complexity index is 190. The second-order valence-electron chi connectivity index (χ2n) is 6.14. The van der Waals surface area contributed by atoms with Crippen molar-refractivity contribution in [3.8, 4) is 0 Å². The molecule has 0 aliphatic heterocycles. The van der Waals surface area contributed by atoms with Gasteiger partial charge in [0.2, 0.25) is 0 Å². The lowest BCUT2D eigenvalue weighted by molar-refractivity contribution is -0.0554. The largest absolute Gasteiger partial charge is 0.0594 e. The van der Waals surface area contributed by atoms with Crippen LogP contribution in [-0.4, -0.2) is 0 Å². The Morgan fingerprint density at radius 2 is 1.54 bits per heavy atom. The monoisotopic (exact) mass is 180 g/mol. The summed E-state index contributed by atoms with van der Waals surface area (Å²) in [7, 11) is 0. The molecule has 0 spiro atoms. The zero-order valence-electron chi connectivity index (χ0n) is 9.53. The Kier molecular flexibility index (Phi) is 2.20. The molecule has 0 saturated heterocycles. The van der Waals surface area contributed by atoms with E-state index in [1.54, 1.807) is 0 Å². The van der Waals surface area contributed by atoms with Crippen molar-refractivity contribution in [1.82, 2.24) is 0 Å². The van der Waals surface area contributed by atoms with Gasteiger partial charge in [0, 0.05) is 0 Å². The van der Waals surface area contributed by atoms with E-state index in [1.165, 1.54) is 44.9 Å². The Balaban J connectivity index is 2.24. The van der Waals surface area contributed by atoms with Gasteiger partial charge in [0.15, 0.2) is 0 Å². The van der Waals surface area contributed by atoms with E-state index in [-0.39, 0.29) is 0 Å². The molecule has 0 amide bonds. The average Bonchev–Trinajstić information content (AvgIpc) is 2.06. The molecule has 2 saturated carbocycles. The van der Waals surface area contributed by atoms with E-state index < -0.39 is 0 Å². The maximum absolute atomic E-state index is 2.57. The summed E-state index contributed by atoms with van der Waals surface area (Å²) in [4.78, 5) is 0. The first kappa shape index (κ1) is 9.55. The van der Waals surface area contributed by atoms with Crippen molar-refractivity contribution in [1.29, 1.82) is 0 Å². The van der Waals surface area contributed by atoms with Crippen LogP contribution in [0.1, 0.15) is 65.7 Å². The first-order chi connectivity index (χ1) is 6.06. The number of fused-ring (bicyclic) bond motifs is 1. The molecule has 2 aliphatic rings. The third-order valence-corrected chi connectivity index (χ3v) is 5.30. The Labute approximate surface area is 83.1 Å². The highest BCUT2D eigenvalue weighted by molar-refractivity contribution is 4.99. The highest BCUT2D eigenvalue weighted by Crippen LogP contribution is 2.59.